The molecule has 1 aromatic rings. The van der Waals surface area contributed by atoms with E-state index >= 15 is 0 Å². The van der Waals surface area contributed by atoms with Crippen molar-refractivity contribution in [2.75, 3.05) is 26.7 Å². The van der Waals surface area contributed by atoms with Crippen molar-refractivity contribution < 1.29 is 19.1 Å². The average molecular weight is 445 g/mol. The molecule has 32 heavy (non-hydrogen) atoms. The highest BCUT2D eigenvalue weighted by Crippen LogP contribution is 2.20. The summed E-state index contributed by atoms with van der Waals surface area (Å²) in [5, 5.41) is 9.12. The summed E-state index contributed by atoms with van der Waals surface area (Å²) >= 11 is 0. The highest BCUT2D eigenvalue weighted by molar-refractivity contribution is 5.89. The Morgan fingerprint density at radius 2 is 1.81 bits per heavy atom. The number of benzene rings is 1. The van der Waals surface area contributed by atoms with E-state index in [4.69, 9.17) is 4.74 Å². The number of nitrogens with one attached hydrogen (secondary N) is 3. The van der Waals surface area contributed by atoms with Gasteiger partial charge in [0, 0.05) is 25.6 Å². The summed E-state index contributed by atoms with van der Waals surface area (Å²) in [6.45, 7) is 6.31. The highest BCUT2D eigenvalue weighted by Gasteiger charge is 2.33. The van der Waals surface area contributed by atoms with Crippen molar-refractivity contribution in [3.63, 3.8) is 0 Å². The normalized spacial score (nSPS) is 20.1. The van der Waals surface area contributed by atoms with Gasteiger partial charge in [0.2, 0.25) is 17.7 Å². The molecular weight excluding hydrogens is 408 g/mol. The van der Waals surface area contributed by atoms with Crippen molar-refractivity contribution in [1.29, 1.82) is 0 Å². The van der Waals surface area contributed by atoms with Crippen LogP contribution in [0, 0.1) is 11.8 Å². The van der Waals surface area contributed by atoms with Gasteiger partial charge in [0.15, 0.2) is 0 Å². The quantitative estimate of drug-likeness (QED) is 0.564. The Hall–Kier alpha value is -2.61. The van der Waals surface area contributed by atoms with Crippen molar-refractivity contribution in [2.24, 2.45) is 11.8 Å². The largest absolute Gasteiger partial charge is 0.497 e. The van der Waals surface area contributed by atoms with E-state index in [0.29, 0.717) is 32.5 Å². The third-order valence-corrected chi connectivity index (χ3v) is 6.41. The molecule has 8 heteroatoms. The molecule has 3 amide bonds. The van der Waals surface area contributed by atoms with Gasteiger partial charge in [-0.2, -0.15) is 0 Å². The van der Waals surface area contributed by atoms with Gasteiger partial charge in [-0.05, 0) is 55.8 Å². The first-order valence-electron chi connectivity index (χ1n) is 11.6. The number of likely N-dealkylation sites (tertiary alicyclic amines) is 1. The van der Waals surface area contributed by atoms with Crippen LogP contribution in [0.15, 0.2) is 24.3 Å². The number of piperidine rings is 1. The summed E-state index contributed by atoms with van der Waals surface area (Å²) in [6.07, 6.45) is 3.18. The summed E-state index contributed by atoms with van der Waals surface area (Å²) in [6, 6.07) is 6.84. The van der Waals surface area contributed by atoms with E-state index in [1.165, 1.54) is 0 Å². The maximum atomic E-state index is 12.9. The lowest BCUT2D eigenvalue weighted by atomic mass is 9.94. The van der Waals surface area contributed by atoms with E-state index in [0.717, 1.165) is 30.7 Å². The van der Waals surface area contributed by atoms with Crippen molar-refractivity contribution in [2.45, 2.75) is 58.2 Å². The zero-order chi connectivity index (χ0) is 23.1. The number of ether oxygens (including phenoxy) is 1. The van der Waals surface area contributed by atoms with Crippen molar-refractivity contribution >= 4 is 17.7 Å². The van der Waals surface area contributed by atoms with E-state index in [-0.39, 0.29) is 35.6 Å². The fourth-order valence-electron chi connectivity index (χ4n) is 4.33. The zero-order valence-electron chi connectivity index (χ0n) is 19.4. The Morgan fingerprint density at radius 1 is 1.12 bits per heavy atom. The molecule has 0 saturated carbocycles. The van der Waals surface area contributed by atoms with Gasteiger partial charge in [-0.1, -0.05) is 26.0 Å². The van der Waals surface area contributed by atoms with E-state index < -0.39 is 6.04 Å². The molecule has 0 bridgehead atoms. The van der Waals surface area contributed by atoms with Gasteiger partial charge in [-0.3, -0.25) is 14.4 Å². The molecule has 0 aromatic heterocycles. The van der Waals surface area contributed by atoms with E-state index in [2.05, 4.69) is 16.0 Å². The average Bonchev–Trinajstić information content (AvgIpc) is 3.35. The molecule has 2 atom stereocenters. The second-order valence-corrected chi connectivity index (χ2v) is 9.04. The minimum atomic E-state index is -0.594. The van der Waals surface area contributed by atoms with Crippen LogP contribution in [0.5, 0.6) is 5.75 Å². The highest BCUT2D eigenvalue weighted by atomic mass is 16.5. The molecule has 0 aliphatic carbocycles. The smallest absolute Gasteiger partial charge is 0.243 e. The Morgan fingerprint density at radius 3 is 2.38 bits per heavy atom. The fourth-order valence-corrected chi connectivity index (χ4v) is 4.33. The van der Waals surface area contributed by atoms with Crippen LogP contribution in [0.4, 0.5) is 0 Å². The van der Waals surface area contributed by atoms with Crippen LogP contribution in [0.25, 0.3) is 0 Å². The molecule has 2 aliphatic heterocycles. The van der Waals surface area contributed by atoms with Gasteiger partial charge in [0.1, 0.15) is 11.8 Å². The SMILES string of the molecule is COc1ccc(CNC(=O)C(NC(=O)C2CCN(C(=O)C3CCCN3)CC2)C(C)C)cc1. The monoisotopic (exact) mass is 444 g/mol. The molecule has 176 valence electrons. The van der Waals surface area contributed by atoms with Gasteiger partial charge < -0.3 is 25.6 Å². The summed E-state index contributed by atoms with van der Waals surface area (Å²) in [4.78, 5) is 40.1. The lowest BCUT2D eigenvalue weighted by Gasteiger charge is -2.34. The second kappa shape index (κ2) is 11.3. The number of hydrogen-bond donors (Lipinski definition) is 3. The number of amides is 3. The maximum absolute atomic E-state index is 12.9. The number of carbonyl (C=O) groups excluding carboxylic acids is 3. The van der Waals surface area contributed by atoms with Gasteiger partial charge in [0.25, 0.3) is 0 Å². The van der Waals surface area contributed by atoms with Crippen LogP contribution in [0.2, 0.25) is 0 Å². The van der Waals surface area contributed by atoms with Crippen LogP contribution in [-0.4, -0.2) is 61.4 Å². The summed E-state index contributed by atoms with van der Waals surface area (Å²) in [7, 11) is 1.61. The number of carbonyl (C=O) groups is 3. The Kier molecular flexibility index (Phi) is 8.50. The summed E-state index contributed by atoms with van der Waals surface area (Å²) in [5.74, 6) is 0.411. The first-order chi connectivity index (χ1) is 15.4. The molecule has 0 spiro atoms. The summed E-state index contributed by atoms with van der Waals surface area (Å²) in [5.41, 5.74) is 0.960. The third-order valence-electron chi connectivity index (χ3n) is 6.41. The maximum Gasteiger partial charge on any atom is 0.243 e. The number of methoxy groups -OCH3 is 1. The molecule has 1 aromatic carbocycles. The second-order valence-electron chi connectivity index (χ2n) is 9.04. The predicted octanol–water partition coefficient (Wildman–Crippen LogP) is 1.44. The zero-order valence-corrected chi connectivity index (χ0v) is 19.4. The van der Waals surface area contributed by atoms with E-state index in [9.17, 15) is 14.4 Å². The first-order valence-corrected chi connectivity index (χ1v) is 11.6. The summed E-state index contributed by atoms with van der Waals surface area (Å²) < 4.78 is 5.15. The topological polar surface area (TPSA) is 99.8 Å². The molecule has 3 rings (SSSR count). The number of nitrogens with zero attached hydrogens (tertiary/aromatic N) is 1. The van der Waals surface area contributed by atoms with Crippen molar-refractivity contribution in [3.8, 4) is 5.75 Å². The Balaban J connectivity index is 1.47. The molecule has 0 radical (unpaired) electrons. The van der Waals surface area contributed by atoms with Gasteiger partial charge >= 0.3 is 0 Å². The predicted molar refractivity (Wildman–Crippen MR) is 122 cm³/mol. The van der Waals surface area contributed by atoms with Crippen LogP contribution >= 0.6 is 0 Å². The molecule has 2 fully saturated rings. The fraction of sp³-hybridized carbons (Fsp3) is 0.625. The molecule has 2 saturated heterocycles. The van der Waals surface area contributed by atoms with Gasteiger partial charge in [-0.25, -0.2) is 0 Å². The van der Waals surface area contributed by atoms with Crippen LogP contribution in [-0.2, 0) is 20.9 Å². The Labute approximate surface area is 190 Å². The number of hydrogen-bond acceptors (Lipinski definition) is 5. The Bertz CT molecular complexity index is 782. The van der Waals surface area contributed by atoms with Crippen LogP contribution in [0.1, 0.15) is 45.1 Å². The first kappa shape index (κ1) is 24.0. The third kappa shape index (κ3) is 6.22. The van der Waals surface area contributed by atoms with Gasteiger partial charge in [0.05, 0.1) is 13.2 Å². The molecule has 2 heterocycles. The van der Waals surface area contributed by atoms with Crippen molar-refractivity contribution in [3.05, 3.63) is 29.8 Å². The van der Waals surface area contributed by atoms with Crippen LogP contribution in [0.3, 0.4) is 0 Å². The standard InChI is InChI=1S/C24H36N4O4/c1-16(2)21(23(30)26-15-17-6-8-19(32-3)9-7-17)27-22(29)18-10-13-28(14-11-18)24(31)20-5-4-12-25-20/h6-9,16,18,20-21,25H,4-5,10-15H2,1-3H3,(H,26,30)(H,27,29). The van der Waals surface area contributed by atoms with Gasteiger partial charge in [-0.15, -0.1) is 0 Å². The lowest BCUT2D eigenvalue weighted by molar-refractivity contribution is -0.138. The minimum Gasteiger partial charge on any atom is -0.497 e. The van der Waals surface area contributed by atoms with E-state index in [1.807, 2.05) is 43.0 Å². The molecule has 2 aliphatic rings. The molecular formula is C24H36N4O4. The van der Waals surface area contributed by atoms with E-state index in [1.54, 1.807) is 7.11 Å². The molecule has 3 N–H and O–H groups in total. The lowest BCUT2D eigenvalue weighted by Crippen LogP contribution is -2.53. The van der Waals surface area contributed by atoms with Crippen molar-refractivity contribution in [1.82, 2.24) is 20.9 Å². The molecule has 8 nitrogen and oxygen atoms in total. The molecule has 2 unspecified atom stereocenters. The van der Waals surface area contributed by atoms with Crippen LogP contribution < -0.4 is 20.7 Å². The minimum absolute atomic E-state index is 0.0371. The number of rotatable bonds is 8.